The van der Waals surface area contributed by atoms with E-state index in [0.717, 1.165) is 48.1 Å². The van der Waals surface area contributed by atoms with Crippen molar-refractivity contribution < 1.29 is 4.79 Å². The number of aryl methyl sites for hydroxylation is 1. The molecule has 3 aromatic heterocycles. The van der Waals surface area contributed by atoms with Crippen molar-refractivity contribution in [2.75, 3.05) is 39.3 Å². The van der Waals surface area contributed by atoms with Gasteiger partial charge in [-0.05, 0) is 35.0 Å². The van der Waals surface area contributed by atoms with Gasteiger partial charge in [-0.3, -0.25) is 14.4 Å². The van der Waals surface area contributed by atoms with Crippen molar-refractivity contribution in [3.8, 4) is 11.4 Å². The highest BCUT2D eigenvalue weighted by atomic mass is 79.9. The van der Waals surface area contributed by atoms with E-state index in [1.54, 1.807) is 22.3 Å². The third-order valence-corrected chi connectivity index (χ3v) is 6.72. The summed E-state index contributed by atoms with van der Waals surface area (Å²) in [4.78, 5) is 25.1. The summed E-state index contributed by atoms with van der Waals surface area (Å²) in [5.74, 6) is 0.476. The smallest absolute Gasteiger partial charge is 0.247 e. The van der Waals surface area contributed by atoms with Crippen LogP contribution in [0.5, 0.6) is 0 Å². The van der Waals surface area contributed by atoms with Crippen LogP contribution in [0.15, 0.2) is 35.1 Å². The van der Waals surface area contributed by atoms with Gasteiger partial charge in [-0.15, -0.1) is 5.10 Å². The lowest BCUT2D eigenvalue weighted by Gasteiger charge is -2.28. The Morgan fingerprint density at radius 3 is 2.82 bits per heavy atom. The minimum absolute atomic E-state index is 0.309. The molecule has 1 aromatic carbocycles. The predicted octanol–water partition coefficient (Wildman–Crippen LogP) is 0.636. The number of rotatable bonds is 6. The van der Waals surface area contributed by atoms with Gasteiger partial charge < -0.3 is 16.4 Å². The first-order valence-electron chi connectivity index (χ1n) is 11.2. The predicted molar refractivity (Wildman–Crippen MR) is 132 cm³/mol. The number of nitrogens with two attached hydrogens (primary N) is 1. The molecule has 4 N–H and O–H groups in total. The normalized spacial score (nSPS) is 16.7. The van der Waals surface area contributed by atoms with Crippen molar-refractivity contribution in [1.29, 1.82) is 0 Å². The highest BCUT2D eigenvalue weighted by Gasteiger charge is 2.36. The maximum atomic E-state index is 13.3. The van der Waals surface area contributed by atoms with Crippen molar-refractivity contribution in [3.05, 3.63) is 40.9 Å². The molecule has 5 rings (SSSR count). The van der Waals surface area contributed by atoms with Crippen LogP contribution in [0.2, 0.25) is 0 Å². The van der Waals surface area contributed by atoms with Crippen LogP contribution in [0.3, 0.4) is 0 Å². The van der Waals surface area contributed by atoms with Gasteiger partial charge in [-0.25, -0.2) is 9.97 Å². The molecule has 0 radical (unpaired) electrons. The third kappa shape index (κ3) is 4.17. The first-order chi connectivity index (χ1) is 16.3. The Labute approximate surface area is 204 Å². The van der Waals surface area contributed by atoms with Crippen LogP contribution in [0.25, 0.3) is 27.9 Å². The lowest BCUT2D eigenvalue weighted by molar-refractivity contribution is -0.126. The standard InChI is InChI=1S/C22H27BrN10O/c1-22(24,21(34)26-8-11-32-9-6-25-7-10-32)20-28-17-15(4-3-5-16(17)23)19-29-18(30-33(19)20)14-12-27-31(2)13-14/h3-5,12-13,25H,6-11,24H2,1-2H3,(H,26,34)/t22-/m0/s1. The molecule has 12 heteroatoms. The zero-order chi connectivity index (χ0) is 23.9. The van der Waals surface area contributed by atoms with Gasteiger partial charge >= 0.3 is 0 Å². The molecule has 0 aliphatic carbocycles. The van der Waals surface area contributed by atoms with E-state index in [1.807, 2.05) is 31.4 Å². The fraction of sp³-hybridized carbons (Fsp3) is 0.409. The summed E-state index contributed by atoms with van der Waals surface area (Å²) in [5.41, 5.74) is 7.21. The summed E-state index contributed by atoms with van der Waals surface area (Å²) in [7, 11) is 1.83. The molecule has 1 saturated heterocycles. The van der Waals surface area contributed by atoms with E-state index in [9.17, 15) is 4.79 Å². The number of carbonyl (C=O) groups excluding carboxylic acids is 1. The highest BCUT2D eigenvalue weighted by Crippen LogP contribution is 2.29. The van der Waals surface area contributed by atoms with Crippen molar-refractivity contribution in [3.63, 3.8) is 0 Å². The molecular weight excluding hydrogens is 500 g/mol. The van der Waals surface area contributed by atoms with E-state index in [0.29, 0.717) is 29.4 Å². The van der Waals surface area contributed by atoms with E-state index in [4.69, 9.17) is 15.7 Å². The topological polar surface area (TPSA) is 131 Å². The number of hydrogen-bond acceptors (Lipinski definition) is 8. The van der Waals surface area contributed by atoms with Crippen molar-refractivity contribution in [2.45, 2.75) is 12.5 Å². The molecule has 0 saturated carbocycles. The molecule has 1 atom stereocenters. The molecule has 4 aromatic rings. The second-order valence-corrected chi connectivity index (χ2v) is 9.55. The van der Waals surface area contributed by atoms with Crippen LogP contribution in [0.1, 0.15) is 12.7 Å². The van der Waals surface area contributed by atoms with Gasteiger partial charge in [0.1, 0.15) is 0 Å². The zero-order valence-corrected chi connectivity index (χ0v) is 20.7. The molecule has 4 heterocycles. The van der Waals surface area contributed by atoms with Gasteiger partial charge in [0.2, 0.25) is 5.91 Å². The quantitative estimate of drug-likeness (QED) is 0.333. The minimum Gasteiger partial charge on any atom is -0.353 e. The number of carbonyl (C=O) groups is 1. The molecule has 0 spiro atoms. The average Bonchev–Trinajstić information content (AvgIpc) is 3.46. The van der Waals surface area contributed by atoms with Gasteiger partial charge in [-0.1, -0.05) is 6.07 Å². The largest absolute Gasteiger partial charge is 0.353 e. The van der Waals surface area contributed by atoms with E-state index in [2.05, 4.69) is 41.7 Å². The van der Waals surface area contributed by atoms with E-state index in [1.165, 1.54) is 0 Å². The second kappa shape index (κ2) is 9.02. The Morgan fingerprint density at radius 1 is 1.29 bits per heavy atom. The number of halogens is 1. The number of aromatic nitrogens is 6. The number of hydrogen-bond donors (Lipinski definition) is 3. The Bertz CT molecular complexity index is 1350. The molecule has 0 unspecified atom stereocenters. The Kier molecular flexibility index (Phi) is 6.06. The SMILES string of the molecule is Cn1cc(-c2nc3c4cccc(Br)c4nc([C@](C)(N)C(=O)NCCN4CCNCC4)n3n2)cn1. The molecule has 0 bridgehead atoms. The molecule has 34 heavy (non-hydrogen) atoms. The number of para-hydroxylation sites is 1. The summed E-state index contributed by atoms with van der Waals surface area (Å²) in [6, 6.07) is 5.74. The first kappa shape index (κ1) is 22.8. The summed E-state index contributed by atoms with van der Waals surface area (Å²) >= 11 is 3.58. The lowest BCUT2D eigenvalue weighted by atomic mass is 10.0. The maximum absolute atomic E-state index is 13.3. The van der Waals surface area contributed by atoms with Gasteiger partial charge in [0, 0.05) is 62.4 Å². The molecule has 1 aliphatic heterocycles. The summed E-state index contributed by atoms with van der Waals surface area (Å²) in [5, 5.41) is 16.0. The monoisotopic (exact) mass is 526 g/mol. The van der Waals surface area contributed by atoms with Crippen LogP contribution in [0.4, 0.5) is 0 Å². The van der Waals surface area contributed by atoms with Gasteiger partial charge in [0.05, 0.1) is 17.3 Å². The van der Waals surface area contributed by atoms with E-state index < -0.39 is 5.54 Å². The van der Waals surface area contributed by atoms with E-state index >= 15 is 0 Å². The third-order valence-electron chi connectivity index (χ3n) is 6.08. The summed E-state index contributed by atoms with van der Waals surface area (Å²) < 4.78 is 4.05. The van der Waals surface area contributed by atoms with Crippen molar-refractivity contribution in [2.24, 2.45) is 12.8 Å². The van der Waals surface area contributed by atoms with Crippen LogP contribution < -0.4 is 16.4 Å². The minimum atomic E-state index is -1.44. The first-order valence-corrected chi connectivity index (χ1v) is 12.0. The van der Waals surface area contributed by atoms with Crippen molar-refractivity contribution >= 4 is 38.4 Å². The van der Waals surface area contributed by atoms with Gasteiger partial charge in [0.15, 0.2) is 22.8 Å². The fourth-order valence-electron chi connectivity index (χ4n) is 4.14. The van der Waals surface area contributed by atoms with E-state index in [-0.39, 0.29) is 5.91 Å². The zero-order valence-electron chi connectivity index (χ0n) is 19.1. The van der Waals surface area contributed by atoms with Gasteiger partial charge in [0.25, 0.3) is 0 Å². The van der Waals surface area contributed by atoms with Crippen LogP contribution in [0, 0.1) is 0 Å². The molecule has 1 amide bonds. The molecule has 1 aliphatic rings. The Hall–Kier alpha value is -2.93. The maximum Gasteiger partial charge on any atom is 0.247 e. The molecule has 11 nitrogen and oxygen atoms in total. The van der Waals surface area contributed by atoms with Crippen LogP contribution in [-0.4, -0.2) is 79.4 Å². The number of benzene rings is 1. The number of fused-ring (bicyclic) bond motifs is 3. The summed E-state index contributed by atoms with van der Waals surface area (Å²) in [6.07, 6.45) is 3.54. The van der Waals surface area contributed by atoms with Crippen LogP contribution in [-0.2, 0) is 17.4 Å². The van der Waals surface area contributed by atoms with Crippen LogP contribution >= 0.6 is 15.9 Å². The lowest BCUT2D eigenvalue weighted by Crippen LogP contribution is -2.53. The number of nitrogens with zero attached hydrogens (tertiary/aromatic N) is 7. The number of nitrogens with one attached hydrogen (secondary N) is 2. The van der Waals surface area contributed by atoms with Crippen molar-refractivity contribution in [1.82, 2.24) is 44.9 Å². The van der Waals surface area contributed by atoms with Gasteiger partial charge in [-0.2, -0.15) is 9.61 Å². The highest BCUT2D eigenvalue weighted by molar-refractivity contribution is 9.10. The Morgan fingerprint density at radius 2 is 2.09 bits per heavy atom. The average molecular weight is 527 g/mol. The molecule has 1 fully saturated rings. The number of piperazine rings is 1. The molecule has 178 valence electrons. The Balaban J connectivity index is 1.53. The summed E-state index contributed by atoms with van der Waals surface area (Å²) in [6.45, 7) is 6.78. The second-order valence-electron chi connectivity index (χ2n) is 8.69. The number of amides is 1. The fourth-order valence-corrected chi connectivity index (χ4v) is 4.59. The molecular formula is C22H27BrN10O.